The third kappa shape index (κ3) is 3.30. The summed E-state index contributed by atoms with van der Waals surface area (Å²) in [5.74, 6) is -0.0362. The predicted molar refractivity (Wildman–Crippen MR) is 64.7 cm³/mol. The first-order chi connectivity index (χ1) is 7.54. The van der Waals surface area contributed by atoms with Gasteiger partial charge in [0.2, 0.25) is 0 Å². The van der Waals surface area contributed by atoms with E-state index < -0.39 is 0 Å². The van der Waals surface area contributed by atoms with E-state index >= 15 is 0 Å². The minimum absolute atomic E-state index is 0.189. The summed E-state index contributed by atoms with van der Waals surface area (Å²) in [6, 6.07) is 4.82. The summed E-state index contributed by atoms with van der Waals surface area (Å²) in [5, 5.41) is 0. The van der Waals surface area contributed by atoms with E-state index in [0.29, 0.717) is 18.4 Å². The second-order valence-corrected chi connectivity index (χ2v) is 4.03. The molecule has 0 atom stereocenters. The van der Waals surface area contributed by atoms with Crippen LogP contribution < -0.4 is 0 Å². The van der Waals surface area contributed by atoms with Crippen LogP contribution in [0.1, 0.15) is 37.3 Å². The molecule has 1 nitrogen and oxygen atoms in total. The van der Waals surface area contributed by atoms with Gasteiger partial charge in [0.05, 0.1) is 0 Å². The molecule has 0 heterocycles. The van der Waals surface area contributed by atoms with Gasteiger partial charge in [-0.1, -0.05) is 19.6 Å². The normalized spacial score (nSPS) is 10.2. The smallest absolute Gasteiger partial charge is 0.137 e. The molecule has 1 aromatic carbocycles. The zero-order valence-electron chi connectivity index (χ0n) is 9.85. The molecule has 0 fully saturated rings. The largest absolute Gasteiger partial charge is 0.299 e. The number of halogens is 1. The zero-order valence-corrected chi connectivity index (χ0v) is 9.85. The number of aryl methyl sites for hydroxylation is 1. The van der Waals surface area contributed by atoms with Gasteiger partial charge in [-0.25, -0.2) is 4.39 Å². The van der Waals surface area contributed by atoms with Crippen molar-refractivity contribution in [2.45, 2.75) is 33.1 Å². The molecular weight excluding hydrogens is 203 g/mol. The van der Waals surface area contributed by atoms with E-state index in [0.717, 1.165) is 17.6 Å². The van der Waals surface area contributed by atoms with Crippen LogP contribution >= 0.6 is 0 Å². The SMILES string of the molecule is C=C(CC(=O)CCC)c1ccc(F)c(C)c1. The average molecular weight is 220 g/mol. The van der Waals surface area contributed by atoms with Gasteiger partial charge in [0.1, 0.15) is 11.6 Å². The maximum atomic E-state index is 13.0. The molecule has 2 heteroatoms. The molecule has 0 radical (unpaired) electrons. The van der Waals surface area contributed by atoms with Crippen LogP contribution in [0, 0.1) is 12.7 Å². The van der Waals surface area contributed by atoms with Crippen LogP contribution in [0.25, 0.3) is 5.57 Å². The van der Waals surface area contributed by atoms with E-state index in [1.165, 1.54) is 6.07 Å². The average Bonchev–Trinajstić information content (AvgIpc) is 2.22. The zero-order chi connectivity index (χ0) is 12.1. The lowest BCUT2D eigenvalue weighted by Crippen LogP contribution is -1.98. The molecule has 1 aromatic rings. The van der Waals surface area contributed by atoms with E-state index in [1.54, 1.807) is 19.1 Å². The van der Waals surface area contributed by atoms with Crippen LogP contribution in [0.2, 0.25) is 0 Å². The lowest BCUT2D eigenvalue weighted by molar-refractivity contribution is -0.118. The van der Waals surface area contributed by atoms with Gasteiger partial charge in [-0.05, 0) is 42.2 Å². The molecule has 0 aromatic heterocycles. The Bertz CT molecular complexity index is 407. The van der Waals surface area contributed by atoms with E-state index in [-0.39, 0.29) is 11.6 Å². The lowest BCUT2D eigenvalue weighted by Gasteiger charge is -2.06. The van der Waals surface area contributed by atoms with Gasteiger partial charge in [0.15, 0.2) is 0 Å². The number of carbonyl (C=O) groups is 1. The Morgan fingerprint density at radius 3 is 2.69 bits per heavy atom. The topological polar surface area (TPSA) is 17.1 Å². The highest BCUT2D eigenvalue weighted by molar-refractivity contribution is 5.89. The maximum absolute atomic E-state index is 13.0. The van der Waals surface area contributed by atoms with Gasteiger partial charge in [0.25, 0.3) is 0 Å². The standard InChI is InChI=1S/C14H17FO/c1-4-5-13(16)9-10(2)12-6-7-14(15)11(3)8-12/h6-8H,2,4-5,9H2,1,3H3. The minimum atomic E-state index is -0.226. The Hall–Kier alpha value is -1.44. The summed E-state index contributed by atoms with van der Waals surface area (Å²) in [6.45, 7) is 7.56. The van der Waals surface area contributed by atoms with Crippen molar-refractivity contribution in [3.8, 4) is 0 Å². The fraction of sp³-hybridized carbons (Fsp3) is 0.357. The Morgan fingerprint density at radius 2 is 2.12 bits per heavy atom. The first-order valence-corrected chi connectivity index (χ1v) is 5.50. The molecule has 0 saturated heterocycles. The third-order valence-electron chi connectivity index (χ3n) is 2.51. The molecule has 1 rings (SSSR count). The van der Waals surface area contributed by atoms with Crippen molar-refractivity contribution in [2.75, 3.05) is 0 Å². The summed E-state index contributed by atoms with van der Waals surface area (Å²) < 4.78 is 13.0. The Morgan fingerprint density at radius 1 is 1.44 bits per heavy atom. The number of Topliss-reactive ketones (excluding diaryl/α,β-unsaturated/α-hetero) is 1. The number of rotatable bonds is 5. The number of benzene rings is 1. The van der Waals surface area contributed by atoms with Gasteiger partial charge < -0.3 is 0 Å². The van der Waals surface area contributed by atoms with Crippen LogP contribution in [-0.2, 0) is 4.79 Å². The molecule has 0 aliphatic heterocycles. The molecule has 0 amide bonds. The van der Waals surface area contributed by atoms with Crippen LogP contribution in [-0.4, -0.2) is 5.78 Å². The second-order valence-electron chi connectivity index (χ2n) is 4.03. The van der Waals surface area contributed by atoms with Gasteiger partial charge in [0, 0.05) is 12.8 Å². The fourth-order valence-corrected chi connectivity index (χ4v) is 1.57. The van der Waals surface area contributed by atoms with Gasteiger partial charge in [-0.15, -0.1) is 0 Å². The summed E-state index contributed by atoms with van der Waals surface area (Å²) in [7, 11) is 0. The highest BCUT2D eigenvalue weighted by Gasteiger charge is 2.07. The molecule has 0 spiro atoms. The number of carbonyl (C=O) groups excluding carboxylic acids is 1. The van der Waals surface area contributed by atoms with E-state index in [9.17, 15) is 9.18 Å². The molecule has 86 valence electrons. The molecule has 0 saturated carbocycles. The van der Waals surface area contributed by atoms with Crippen LogP contribution in [0.3, 0.4) is 0 Å². The van der Waals surface area contributed by atoms with Crippen molar-refractivity contribution >= 4 is 11.4 Å². The molecule has 0 bridgehead atoms. The highest BCUT2D eigenvalue weighted by atomic mass is 19.1. The molecule has 0 aliphatic rings. The van der Waals surface area contributed by atoms with Crippen molar-refractivity contribution in [1.82, 2.24) is 0 Å². The van der Waals surface area contributed by atoms with Crippen molar-refractivity contribution in [3.63, 3.8) is 0 Å². The Balaban J connectivity index is 2.73. The predicted octanol–water partition coefficient (Wildman–Crippen LogP) is 3.91. The van der Waals surface area contributed by atoms with Crippen LogP contribution in [0.4, 0.5) is 4.39 Å². The fourth-order valence-electron chi connectivity index (χ4n) is 1.57. The summed E-state index contributed by atoms with van der Waals surface area (Å²) in [4.78, 5) is 11.4. The van der Waals surface area contributed by atoms with Gasteiger partial charge >= 0.3 is 0 Å². The monoisotopic (exact) mass is 220 g/mol. The van der Waals surface area contributed by atoms with Crippen LogP contribution in [0.5, 0.6) is 0 Å². The van der Waals surface area contributed by atoms with E-state index in [1.807, 2.05) is 6.92 Å². The van der Waals surface area contributed by atoms with Crippen molar-refractivity contribution < 1.29 is 9.18 Å². The van der Waals surface area contributed by atoms with Crippen molar-refractivity contribution in [1.29, 1.82) is 0 Å². The van der Waals surface area contributed by atoms with Crippen molar-refractivity contribution in [3.05, 3.63) is 41.7 Å². The lowest BCUT2D eigenvalue weighted by atomic mass is 9.99. The quantitative estimate of drug-likeness (QED) is 0.735. The first-order valence-electron chi connectivity index (χ1n) is 5.50. The maximum Gasteiger partial charge on any atom is 0.137 e. The molecule has 0 unspecified atom stereocenters. The molecule has 0 N–H and O–H groups in total. The molecule has 16 heavy (non-hydrogen) atoms. The van der Waals surface area contributed by atoms with E-state index in [4.69, 9.17) is 0 Å². The number of allylic oxidation sites excluding steroid dienone is 1. The van der Waals surface area contributed by atoms with Gasteiger partial charge in [-0.2, -0.15) is 0 Å². The minimum Gasteiger partial charge on any atom is -0.299 e. The van der Waals surface area contributed by atoms with Crippen LogP contribution in [0.15, 0.2) is 24.8 Å². The number of ketones is 1. The second kappa shape index (κ2) is 5.59. The Labute approximate surface area is 96.0 Å². The highest BCUT2D eigenvalue weighted by Crippen LogP contribution is 2.20. The molecule has 0 aliphatic carbocycles. The molecular formula is C14H17FO. The summed E-state index contributed by atoms with van der Waals surface area (Å²) in [5.41, 5.74) is 2.20. The van der Waals surface area contributed by atoms with E-state index in [2.05, 4.69) is 6.58 Å². The third-order valence-corrected chi connectivity index (χ3v) is 2.51. The van der Waals surface area contributed by atoms with Gasteiger partial charge in [-0.3, -0.25) is 4.79 Å². The number of hydrogen-bond acceptors (Lipinski definition) is 1. The summed E-state index contributed by atoms with van der Waals surface area (Å²) in [6.07, 6.45) is 1.80. The Kier molecular flexibility index (Phi) is 4.41. The number of hydrogen-bond donors (Lipinski definition) is 0. The first kappa shape index (κ1) is 12.6. The van der Waals surface area contributed by atoms with Crippen molar-refractivity contribution in [2.24, 2.45) is 0 Å². The summed E-state index contributed by atoms with van der Waals surface area (Å²) >= 11 is 0.